The van der Waals surface area contributed by atoms with Gasteiger partial charge in [0.1, 0.15) is 0 Å². The van der Waals surface area contributed by atoms with Crippen molar-refractivity contribution in [1.82, 2.24) is 0 Å². The Morgan fingerprint density at radius 2 is 1.40 bits per heavy atom. The molecule has 0 aromatic rings. The van der Waals surface area contributed by atoms with Crippen molar-refractivity contribution in [3.63, 3.8) is 0 Å². The fraction of sp³-hybridized carbons (Fsp3) is 1.00. The predicted octanol–water partition coefficient (Wildman–Crippen LogP) is 3.01. The maximum Gasteiger partial charge on any atom is 2.00 e. The van der Waals surface area contributed by atoms with Gasteiger partial charge in [-0.2, -0.15) is 0 Å². The number of phosphoric acid groups is 1. The van der Waals surface area contributed by atoms with E-state index in [-0.39, 0.29) is 35.6 Å². The Hall–Kier alpha value is 0.876. The summed E-state index contributed by atoms with van der Waals surface area (Å²) >= 11 is 0. The number of unbranched alkanes of at least 4 members (excludes halogenated alkanes) is 6. The SMILES string of the molecule is CCCCCCCCC(CCCC)COP(=O)([O-])[O-].[Mg+2]. The van der Waals surface area contributed by atoms with Gasteiger partial charge in [-0.15, -0.1) is 0 Å². The molecule has 0 saturated heterocycles. The van der Waals surface area contributed by atoms with Crippen LogP contribution in [0.5, 0.6) is 0 Å². The monoisotopic (exact) mass is 316 g/mol. The summed E-state index contributed by atoms with van der Waals surface area (Å²) in [5.41, 5.74) is 0. The smallest absolute Gasteiger partial charge is 0.790 e. The largest absolute Gasteiger partial charge is 2.00 e. The normalized spacial score (nSPS) is 13.0. The minimum atomic E-state index is -4.81. The fourth-order valence-corrected chi connectivity index (χ4v) is 2.61. The Labute approximate surface area is 140 Å². The molecule has 0 aliphatic heterocycles. The Morgan fingerprint density at radius 3 is 1.95 bits per heavy atom. The van der Waals surface area contributed by atoms with E-state index in [1.807, 2.05) is 0 Å². The van der Waals surface area contributed by atoms with Crippen LogP contribution in [0.4, 0.5) is 0 Å². The first kappa shape index (κ1) is 23.1. The molecule has 20 heavy (non-hydrogen) atoms. The molecule has 4 nitrogen and oxygen atoms in total. The van der Waals surface area contributed by atoms with Crippen molar-refractivity contribution in [3.05, 3.63) is 0 Å². The van der Waals surface area contributed by atoms with Gasteiger partial charge in [0.2, 0.25) is 0 Å². The van der Waals surface area contributed by atoms with Crippen LogP contribution >= 0.6 is 7.82 Å². The van der Waals surface area contributed by atoms with E-state index >= 15 is 0 Å². The molecule has 0 aromatic carbocycles. The van der Waals surface area contributed by atoms with Crippen molar-refractivity contribution in [2.24, 2.45) is 5.92 Å². The van der Waals surface area contributed by atoms with Crippen molar-refractivity contribution in [1.29, 1.82) is 0 Å². The average Bonchev–Trinajstić information content (AvgIpc) is 2.34. The Balaban J connectivity index is 0. The second-order valence-corrected chi connectivity index (χ2v) is 6.46. The van der Waals surface area contributed by atoms with E-state index in [0.717, 1.165) is 32.1 Å². The number of hydrogen-bond donors (Lipinski definition) is 0. The zero-order valence-corrected chi connectivity index (χ0v) is 15.5. The molecule has 0 rings (SSSR count). The summed E-state index contributed by atoms with van der Waals surface area (Å²) < 4.78 is 14.9. The maximum absolute atomic E-state index is 10.5. The molecule has 0 spiro atoms. The molecule has 0 aromatic heterocycles. The minimum Gasteiger partial charge on any atom is -0.790 e. The Bertz CT molecular complexity index is 245. The van der Waals surface area contributed by atoms with E-state index in [2.05, 4.69) is 18.4 Å². The van der Waals surface area contributed by atoms with Crippen LogP contribution in [0, 0.1) is 5.92 Å². The van der Waals surface area contributed by atoms with Gasteiger partial charge in [0.25, 0.3) is 0 Å². The van der Waals surface area contributed by atoms with Crippen LogP contribution in [0.3, 0.4) is 0 Å². The first-order valence-corrected chi connectivity index (χ1v) is 9.12. The molecule has 1 unspecified atom stereocenters. The van der Waals surface area contributed by atoms with Crippen molar-refractivity contribution >= 4 is 30.9 Å². The molecule has 0 bridgehead atoms. The first-order chi connectivity index (χ1) is 8.99. The second kappa shape index (κ2) is 14.8. The topological polar surface area (TPSA) is 72.4 Å². The fourth-order valence-electron chi connectivity index (χ4n) is 2.21. The summed E-state index contributed by atoms with van der Waals surface area (Å²) in [5, 5.41) is 0. The molecule has 6 heteroatoms. The molecule has 0 saturated carbocycles. The summed E-state index contributed by atoms with van der Waals surface area (Å²) in [6.45, 7) is 4.37. The van der Waals surface area contributed by atoms with Crippen LogP contribution < -0.4 is 9.79 Å². The molecule has 0 aliphatic rings. The molecule has 0 radical (unpaired) electrons. The summed E-state index contributed by atoms with van der Waals surface area (Å²) in [5.74, 6) is 0.211. The quantitative estimate of drug-likeness (QED) is 0.297. The Morgan fingerprint density at radius 1 is 0.900 bits per heavy atom. The number of rotatable bonds is 13. The maximum atomic E-state index is 10.5. The molecule has 116 valence electrons. The number of hydrogen-bond acceptors (Lipinski definition) is 4. The molecule has 0 aliphatic carbocycles. The van der Waals surface area contributed by atoms with E-state index in [1.54, 1.807) is 0 Å². The van der Waals surface area contributed by atoms with Gasteiger partial charge in [-0.1, -0.05) is 65.2 Å². The number of phosphoric ester groups is 1. The molecule has 0 N–H and O–H groups in total. The van der Waals surface area contributed by atoms with Gasteiger partial charge in [0.05, 0.1) is 14.4 Å². The third-order valence-corrected chi connectivity index (χ3v) is 3.87. The summed E-state index contributed by atoms with van der Waals surface area (Å²) in [4.78, 5) is 21.0. The minimum absolute atomic E-state index is 0. The summed E-state index contributed by atoms with van der Waals surface area (Å²) in [7, 11) is -4.81. The van der Waals surface area contributed by atoms with E-state index < -0.39 is 7.82 Å². The van der Waals surface area contributed by atoms with Crippen LogP contribution in [0.25, 0.3) is 0 Å². The molecule has 0 amide bonds. The van der Waals surface area contributed by atoms with Crippen molar-refractivity contribution in [2.45, 2.75) is 78.1 Å². The zero-order valence-electron chi connectivity index (χ0n) is 13.1. The van der Waals surface area contributed by atoms with Crippen molar-refractivity contribution < 1.29 is 18.9 Å². The molecular formula is C14H29MgO4P. The van der Waals surface area contributed by atoms with Crippen molar-refractivity contribution in [2.75, 3.05) is 6.61 Å². The molecule has 1 atom stereocenters. The van der Waals surface area contributed by atoms with Crippen LogP contribution in [0.2, 0.25) is 0 Å². The van der Waals surface area contributed by atoms with E-state index in [1.165, 1.54) is 32.1 Å². The van der Waals surface area contributed by atoms with Gasteiger partial charge >= 0.3 is 23.1 Å². The van der Waals surface area contributed by atoms with E-state index in [4.69, 9.17) is 0 Å². The summed E-state index contributed by atoms with van der Waals surface area (Å²) in [6, 6.07) is 0. The van der Waals surface area contributed by atoms with Crippen LogP contribution in [0.1, 0.15) is 78.1 Å². The molecular weight excluding hydrogens is 287 g/mol. The van der Waals surface area contributed by atoms with Gasteiger partial charge in [-0.25, -0.2) is 0 Å². The third-order valence-electron chi connectivity index (χ3n) is 3.40. The third kappa shape index (κ3) is 16.9. The standard InChI is InChI=1S/C14H31O4P.Mg/c1-3-5-7-8-9-10-12-14(11-6-4-2)13-18-19(15,16)17;/h14H,3-13H2,1-2H3,(H2,15,16,17);/q;+2/p-2. The van der Waals surface area contributed by atoms with Crippen molar-refractivity contribution in [3.8, 4) is 0 Å². The predicted molar refractivity (Wildman–Crippen MR) is 80.3 cm³/mol. The van der Waals surface area contributed by atoms with E-state index in [0.29, 0.717) is 0 Å². The van der Waals surface area contributed by atoms with E-state index in [9.17, 15) is 14.4 Å². The van der Waals surface area contributed by atoms with Crippen LogP contribution in [0.15, 0.2) is 0 Å². The molecule has 0 heterocycles. The zero-order chi connectivity index (χ0) is 14.6. The van der Waals surface area contributed by atoms with Gasteiger partial charge in [0, 0.05) is 0 Å². The molecule has 0 fully saturated rings. The van der Waals surface area contributed by atoms with Gasteiger partial charge < -0.3 is 18.9 Å². The van der Waals surface area contributed by atoms with Gasteiger partial charge in [0.15, 0.2) is 0 Å². The van der Waals surface area contributed by atoms with Crippen LogP contribution in [-0.4, -0.2) is 29.7 Å². The van der Waals surface area contributed by atoms with Gasteiger partial charge in [-0.05, 0) is 18.8 Å². The average molecular weight is 317 g/mol. The second-order valence-electron chi connectivity index (χ2n) is 5.31. The Kier molecular flexibility index (Phi) is 17.1. The van der Waals surface area contributed by atoms with Gasteiger partial charge in [-0.3, -0.25) is 0 Å². The van der Waals surface area contributed by atoms with Crippen LogP contribution in [-0.2, 0) is 9.09 Å². The first-order valence-electron chi connectivity index (χ1n) is 7.66. The summed E-state index contributed by atoms with van der Waals surface area (Å²) in [6.07, 6.45) is 11.4.